The number of rotatable bonds is 5. The second-order valence-corrected chi connectivity index (χ2v) is 8.39. The molecule has 1 aliphatic heterocycles. The molecule has 5 rings (SSSR count). The molecule has 7 nitrogen and oxygen atoms in total. The number of hydrogen-bond donors (Lipinski definition) is 1. The first-order chi connectivity index (χ1) is 14.6. The molecule has 1 aromatic carbocycles. The monoisotopic (exact) mass is 424 g/mol. The van der Waals surface area contributed by atoms with E-state index in [1.54, 1.807) is 0 Å². The highest BCUT2D eigenvalue weighted by Gasteiger charge is 2.36. The summed E-state index contributed by atoms with van der Waals surface area (Å²) in [6, 6.07) is 10.4. The Morgan fingerprint density at radius 2 is 2.00 bits per heavy atom. The maximum Gasteiger partial charge on any atom is 0.224 e. The van der Waals surface area contributed by atoms with Gasteiger partial charge in [-0.05, 0) is 49.8 Å². The Labute approximate surface area is 180 Å². The molecule has 3 aromatic rings. The molecule has 1 N–H and O–H groups in total. The van der Waals surface area contributed by atoms with Crippen molar-refractivity contribution in [3.63, 3.8) is 0 Å². The molecule has 2 aliphatic rings. The van der Waals surface area contributed by atoms with Gasteiger partial charge in [0.15, 0.2) is 11.6 Å². The zero-order chi connectivity index (χ0) is 20.7. The summed E-state index contributed by atoms with van der Waals surface area (Å²) < 4.78 is 8.31. The van der Waals surface area contributed by atoms with E-state index in [1.165, 1.54) is 5.56 Å². The number of nitrogens with one attached hydrogen (secondary N) is 1. The molecule has 8 heteroatoms. The van der Waals surface area contributed by atoms with Crippen molar-refractivity contribution >= 4 is 17.4 Å². The summed E-state index contributed by atoms with van der Waals surface area (Å²) in [5.41, 5.74) is 3.10. The second kappa shape index (κ2) is 7.96. The lowest BCUT2D eigenvalue weighted by Crippen LogP contribution is -2.25. The first kappa shape index (κ1) is 19.5. The molecule has 0 saturated heterocycles. The molecule has 2 aromatic heterocycles. The minimum atomic E-state index is 0.0584. The first-order valence-corrected chi connectivity index (χ1v) is 10.9. The van der Waals surface area contributed by atoms with Crippen LogP contribution in [0.25, 0.3) is 5.69 Å². The summed E-state index contributed by atoms with van der Waals surface area (Å²) in [7, 11) is 0. The van der Waals surface area contributed by atoms with Crippen LogP contribution in [-0.2, 0) is 11.3 Å². The molecular formula is C22H25ClN6O. The number of aromatic nitrogens is 5. The molecular weight excluding hydrogens is 400 g/mol. The SMILES string of the molecule is CC[C@H]1Nc2nc(Cl)nc(C3CC[C@H](OCc4ccccc4)C3)c2-n2c(C)nnc21. The molecule has 3 heterocycles. The Kier molecular flexibility index (Phi) is 5.16. The average molecular weight is 425 g/mol. The van der Waals surface area contributed by atoms with E-state index in [-0.39, 0.29) is 23.3 Å². The fourth-order valence-corrected chi connectivity index (χ4v) is 4.75. The second-order valence-electron chi connectivity index (χ2n) is 8.05. The molecule has 1 fully saturated rings. The Morgan fingerprint density at radius 3 is 2.80 bits per heavy atom. The van der Waals surface area contributed by atoms with Gasteiger partial charge in [0.2, 0.25) is 5.28 Å². The van der Waals surface area contributed by atoms with Gasteiger partial charge in [0.05, 0.1) is 24.4 Å². The van der Waals surface area contributed by atoms with Crippen LogP contribution in [-0.4, -0.2) is 30.8 Å². The van der Waals surface area contributed by atoms with Crippen molar-refractivity contribution in [1.29, 1.82) is 0 Å². The van der Waals surface area contributed by atoms with E-state index in [2.05, 4.69) is 49.1 Å². The van der Waals surface area contributed by atoms with Crippen LogP contribution in [0.4, 0.5) is 5.82 Å². The highest BCUT2D eigenvalue weighted by molar-refractivity contribution is 6.28. The standard InChI is InChI=1S/C22H25ClN6O/c1-3-17-21-28-27-13(2)29(21)19-18(25-22(23)26-20(19)24-17)15-9-10-16(11-15)30-12-14-7-5-4-6-8-14/h4-8,15-17H,3,9-12H2,1-2H3,(H,24,25,26)/t15?,16-,17+/m0/s1. The molecule has 30 heavy (non-hydrogen) atoms. The largest absolute Gasteiger partial charge is 0.374 e. The number of benzene rings is 1. The lowest BCUT2D eigenvalue weighted by atomic mass is 10.00. The van der Waals surface area contributed by atoms with E-state index in [9.17, 15) is 0 Å². The zero-order valence-corrected chi connectivity index (χ0v) is 17.9. The zero-order valence-electron chi connectivity index (χ0n) is 17.2. The number of fused-ring (bicyclic) bond motifs is 3. The molecule has 0 spiro atoms. The van der Waals surface area contributed by atoms with Crippen molar-refractivity contribution in [2.45, 2.75) is 64.2 Å². The van der Waals surface area contributed by atoms with Crippen LogP contribution >= 0.6 is 11.6 Å². The van der Waals surface area contributed by atoms with Crippen molar-refractivity contribution < 1.29 is 4.74 Å². The Balaban J connectivity index is 1.43. The van der Waals surface area contributed by atoms with Gasteiger partial charge in [-0.1, -0.05) is 37.3 Å². The summed E-state index contributed by atoms with van der Waals surface area (Å²) in [5.74, 6) is 2.77. The fraction of sp³-hybridized carbons (Fsp3) is 0.455. The predicted octanol–water partition coefficient (Wildman–Crippen LogP) is 4.75. The van der Waals surface area contributed by atoms with E-state index < -0.39 is 0 Å². The molecule has 156 valence electrons. The number of aryl methyl sites for hydroxylation is 1. The van der Waals surface area contributed by atoms with Gasteiger partial charge in [-0.3, -0.25) is 4.57 Å². The number of halogens is 1. The Bertz CT molecular complexity index is 1050. The average Bonchev–Trinajstić information content (AvgIpc) is 3.39. The van der Waals surface area contributed by atoms with Gasteiger partial charge >= 0.3 is 0 Å². The topological polar surface area (TPSA) is 77.8 Å². The maximum absolute atomic E-state index is 6.34. The molecule has 1 unspecified atom stereocenters. The van der Waals surface area contributed by atoms with Crippen molar-refractivity contribution in [2.24, 2.45) is 0 Å². The van der Waals surface area contributed by atoms with E-state index in [0.717, 1.165) is 54.5 Å². The summed E-state index contributed by atoms with van der Waals surface area (Å²) in [5, 5.41) is 12.5. The maximum atomic E-state index is 6.34. The summed E-state index contributed by atoms with van der Waals surface area (Å²) in [6.07, 6.45) is 4.02. The van der Waals surface area contributed by atoms with Crippen LogP contribution in [0.15, 0.2) is 30.3 Å². The number of nitrogens with zero attached hydrogens (tertiary/aromatic N) is 5. The minimum Gasteiger partial charge on any atom is -0.374 e. The molecule has 1 saturated carbocycles. The van der Waals surface area contributed by atoms with Crippen LogP contribution in [0.2, 0.25) is 5.28 Å². The fourth-order valence-electron chi connectivity index (χ4n) is 4.57. The quantitative estimate of drug-likeness (QED) is 0.595. The van der Waals surface area contributed by atoms with E-state index in [0.29, 0.717) is 6.61 Å². The van der Waals surface area contributed by atoms with Crippen molar-refractivity contribution in [1.82, 2.24) is 24.7 Å². The third-order valence-corrected chi connectivity index (χ3v) is 6.26. The van der Waals surface area contributed by atoms with Gasteiger partial charge in [0, 0.05) is 5.92 Å². The van der Waals surface area contributed by atoms with Gasteiger partial charge in [-0.2, -0.15) is 4.98 Å². The van der Waals surface area contributed by atoms with Crippen LogP contribution in [0.3, 0.4) is 0 Å². The van der Waals surface area contributed by atoms with Gasteiger partial charge in [-0.15, -0.1) is 10.2 Å². The summed E-state index contributed by atoms with van der Waals surface area (Å²) >= 11 is 6.34. The third kappa shape index (κ3) is 3.46. The molecule has 1 aliphatic carbocycles. The molecule has 0 bridgehead atoms. The minimum absolute atomic E-state index is 0.0584. The van der Waals surface area contributed by atoms with Crippen molar-refractivity contribution in [3.05, 3.63) is 58.5 Å². The third-order valence-electron chi connectivity index (χ3n) is 6.09. The van der Waals surface area contributed by atoms with E-state index in [1.807, 2.05) is 25.1 Å². The highest BCUT2D eigenvalue weighted by atomic mass is 35.5. The van der Waals surface area contributed by atoms with Crippen LogP contribution in [0.1, 0.15) is 67.5 Å². The van der Waals surface area contributed by atoms with Crippen molar-refractivity contribution in [3.8, 4) is 5.69 Å². The van der Waals surface area contributed by atoms with Crippen LogP contribution in [0, 0.1) is 6.92 Å². The summed E-state index contributed by atoms with van der Waals surface area (Å²) in [6.45, 7) is 4.72. The van der Waals surface area contributed by atoms with E-state index in [4.69, 9.17) is 16.3 Å². The van der Waals surface area contributed by atoms with Crippen LogP contribution < -0.4 is 5.32 Å². The Morgan fingerprint density at radius 1 is 1.17 bits per heavy atom. The molecule has 3 atom stereocenters. The van der Waals surface area contributed by atoms with Crippen LogP contribution in [0.5, 0.6) is 0 Å². The van der Waals surface area contributed by atoms with Gasteiger partial charge in [0.25, 0.3) is 0 Å². The molecule has 0 amide bonds. The van der Waals surface area contributed by atoms with Crippen molar-refractivity contribution in [2.75, 3.05) is 5.32 Å². The Hall–Kier alpha value is -2.51. The number of ether oxygens (including phenoxy) is 1. The first-order valence-electron chi connectivity index (χ1n) is 10.6. The van der Waals surface area contributed by atoms with E-state index >= 15 is 0 Å². The number of hydrogen-bond acceptors (Lipinski definition) is 6. The highest BCUT2D eigenvalue weighted by Crippen LogP contribution is 2.43. The molecule has 0 radical (unpaired) electrons. The lowest BCUT2D eigenvalue weighted by molar-refractivity contribution is 0.0446. The van der Waals surface area contributed by atoms with Gasteiger partial charge < -0.3 is 10.1 Å². The number of anilines is 1. The predicted molar refractivity (Wildman–Crippen MR) is 115 cm³/mol. The smallest absolute Gasteiger partial charge is 0.224 e. The summed E-state index contributed by atoms with van der Waals surface area (Å²) in [4.78, 5) is 9.17. The normalized spacial score (nSPS) is 22.4. The van der Waals surface area contributed by atoms with Gasteiger partial charge in [0.1, 0.15) is 11.5 Å². The lowest BCUT2D eigenvalue weighted by Gasteiger charge is -2.29. The van der Waals surface area contributed by atoms with Gasteiger partial charge in [-0.25, -0.2) is 4.98 Å².